The van der Waals surface area contributed by atoms with Gasteiger partial charge in [0.1, 0.15) is 0 Å². The molecule has 0 saturated carbocycles. The molecule has 0 spiro atoms. The zero-order valence-electron chi connectivity index (χ0n) is 2.04. The van der Waals surface area contributed by atoms with E-state index in [9.17, 15) is 0 Å². The van der Waals surface area contributed by atoms with E-state index in [1.54, 1.807) is 0 Å². The molecule has 5 heteroatoms. The molecule has 0 N–H and O–H groups in total. The van der Waals surface area contributed by atoms with Gasteiger partial charge in [0.05, 0.1) is 0 Å². The first kappa shape index (κ1) is 11.1. The summed E-state index contributed by atoms with van der Waals surface area (Å²) in [6.07, 6.45) is 0. The van der Waals surface area contributed by atoms with Crippen LogP contribution in [-0.4, -0.2) is 4.30 Å². The second kappa shape index (κ2) is 7.23. The molecule has 0 bridgehead atoms. The van der Waals surface area contributed by atoms with Crippen molar-refractivity contribution in [3.8, 4) is 0 Å². The van der Waals surface area contributed by atoms with Crippen molar-refractivity contribution in [2.24, 2.45) is 0 Å². The summed E-state index contributed by atoms with van der Waals surface area (Å²) in [6, 6.07) is 0. The van der Waals surface area contributed by atoms with Crippen LogP contribution in [-0.2, 0) is 16.8 Å². The molecule has 0 aromatic carbocycles. The first-order valence-electron chi connectivity index (χ1n) is 0.655. The van der Waals surface area contributed by atoms with Gasteiger partial charge in [-0.15, -0.1) is 0 Å². The largest absolute Gasteiger partial charge is 0.524 e. The van der Waals surface area contributed by atoms with Crippen molar-refractivity contribution in [2.75, 3.05) is 0 Å². The summed E-state index contributed by atoms with van der Waals surface area (Å²) < 4.78 is -0.229. The first-order chi connectivity index (χ1) is 1.73. The topological polar surface area (TPSA) is 0 Å². The summed E-state index contributed by atoms with van der Waals surface area (Å²) in [5.41, 5.74) is 0. The van der Waals surface area contributed by atoms with E-state index in [1.807, 2.05) is 0 Å². The van der Waals surface area contributed by atoms with E-state index in [0.29, 0.717) is 0 Å². The Morgan fingerprint density at radius 2 is 1.00 bits per heavy atom. The first-order valence-corrected chi connectivity index (χ1v) is 13.2. The van der Waals surface area contributed by atoms with Gasteiger partial charge >= 0.3 is 4.30 Å². The summed E-state index contributed by atoms with van der Waals surface area (Å²) in [5, 5.41) is 0. The van der Waals surface area contributed by atoms with E-state index < -0.39 is 0 Å². The third-order valence-electron chi connectivity index (χ3n) is 0. The van der Waals surface area contributed by atoms with E-state index >= 15 is 0 Å². The molecular formula is AlCoI3. The molecule has 0 aromatic heterocycles. The molecule has 0 fully saturated rings. The average Bonchev–Trinajstić information content (AvgIpc) is 0.811. The molecule has 33 valence electrons. The Labute approximate surface area is 79.8 Å². The fourth-order valence-corrected chi connectivity index (χ4v) is 0. The molecule has 0 amide bonds. The van der Waals surface area contributed by atoms with E-state index in [4.69, 9.17) is 0 Å². The van der Waals surface area contributed by atoms with Crippen molar-refractivity contribution in [3.05, 3.63) is 0 Å². The Morgan fingerprint density at radius 3 is 1.00 bits per heavy atom. The Bertz CT molecular complexity index is 11.6. The van der Waals surface area contributed by atoms with Crippen LogP contribution in [0, 0.1) is 0 Å². The zero-order chi connectivity index (χ0) is 3.58. The fourth-order valence-electron chi connectivity index (χ4n) is 0. The normalized spacial score (nSPS) is 5.40. The molecule has 0 nitrogen and oxygen atoms in total. The Balaban J connectivity index is 0. The van der Waals surface area contributed by atoms with Gasteiger partial charge in [0, 0.05) is 16.8 Å². The fraction of sp³-hybridized carbons (Fsp3) is 0. The number of halogens is 3. The Hall–Kier alpha value is 3.23. The molecule has 0 rings (SSSR count). The minimum Gasteiger partial charge on any atom is -0.175 e. The molecular weight excluding hydrogens is 467 g/mol. The van der Waals surface area contributed by atoms with Crippen LogP contribution in [0.15, 0.2) is 0 Å². The monoisotopic (exact) mass is 467 g/mol. The zero-order valence-corrected chi connectivity index (χ0v) is 10.7. The summed E-state index contributed by atoms with van der Waals surface area (Å²) in [5.74, 6) is 0. The second-order valence-electron chi connectivity index (χ2n) is 0.247. The van der Waals surface area contributed by atoms with Crippen molar-refractivity contribution in [3.63, 3.8) is 0 Å². The SMILES string of the molecule is [Co].[I][Al]([I])[I]. The van der Waals surface area contributed by atoms with Crippen molar-refractivity contribution in [1.82, 2.24) is 0 Å². The van der Waals surface area contributed by atoms with Gasteiger partial charge in [0.15, 0.2) is 0 Å². The minimum atomic E-state index is -0.229. The third-order valence-corrected chi connectivity index (χ3v) is 0. The van der Waals surface area contributed by atoms with Gasteiger partial charge in [-0.1, -0.05) is 0 Å². The second-order valence-corrected chi connectivity index (χ2v) is 33.4. The van der Waals surface area contributed by atoms with Crippen LogP contribution in [0.25, 0.3) is 0 Å². The third kappa shape index (κ3) is 19.0. The van der Waals surface area contributed by atoms with Gasteiger partial charge in [0.25, 0.3) is 0 Å². The van der Waals surface area contributed by atoms with Crippen molar-refractivity contribution >= 4 is 65.1 Å². The molecule has 0 unspecified atom stereocenters. The average molecular weight is 467 g/mol. The summed E-state index contributed by atoms with van der Waals surface area (Å²) in [4.78, 5) is 0. The van der Waals surface area contributed by atoms with Gasteiger partial charge < -0.3 is 0 Å². The summed E-state index contributed by atoms with van der Waals surface area (Å²) in [6.45, 7) is 0. The van der Waals surface area contributed by atoms with Crippen LogP contribution in [0.5, 0.6) is 0 Å². The van der Waals surface area contributed by atoms with Crippen molar-refractivity contribution in [1.29, 1.82) is 0 Å². The summed E-state index contributed by atoms with van der Waals surface area (Å²) in [7, 11) is 0. The molecule has 1 radical (unpaired) electrons. The quantitative estimate of drug-likeness (QED) is 0.380. The van der Waals surface area contributed by atoms with E-state index in [1.165, 1.54) is 0 Å². The Morgan fingerprint density at radius 1 is 1.00 bits per heavy atom. The van der Waals surface area contributed by atoms with Crippen molar-refractivity contribution in [2.45, 2.75) is 0 Å². The molecule has 0 saturated heterocycles. The van der Waals surface area contributed by atoms with E-state index in [2.05, 4.69) is 60.8 Å². The maximum atomic E-state index is 2.46. The summed E-state index contributed by atoms with van der Waals surface area (Å²) >= 11 is 7.37. The maximum absolute atomic E-state index is 2.46. The predicted octanol–water partition coefficient (Wildman–Crippen LogP) is 2.27. The molecule has 5 heavy (non-hydrogen) atoms. The van der Waals surface area contributed by atoms with E-state index in [-0.39, 0.29) is 21.1 Å². The predicted molar refractivity (Wildman–Crippen MR) is 47.8 cm³/mol. The van der Waals surface area contributed by atoms with Gasteiger partial charge in [0.2, 0.25) is 0 Å². The maximum Gasteiger partial charge on any atom is 0.524 e. The van der Waals surface area contributed by atoms with E-state index in [0.717, 1.165) is 0 Å². The van der Waals surface area contributed by atoms with Gasteiger partial charge in [-0.3, -0.25) is 0 Å². The smallest absolute Gasteiger partial charge is 0.175 e. The van der Waals surface area contributed by atoms with Crippen LogP contribution in [0.2, 0.25) is 0 Å². The van der Waals surface area contributed by atoms with Crippen molar-refractivity contribution < 1.29 is 16.8 Å². The number of rotatable bonds is 0. The van der Waals surface area contributed by atoms with Crippen LogP contribution >= 0.6 is 60.8 Å². The molecule has 0 aromatic rings. The molecule has 0 atom stereocenters. The molecule has 0 aliphatic carbocycles. The molecule has 0 aliphatic rings. The molecule has 0 aliphatic heterocycles. The number of hydrogen-bond acceptors (Lipinski definition) is 0. The van der Waals surface area contributed by atoms with Crippen LogP contribution in [0.1, 0.15) is 0 Å². The van der Waals surface area contributed by atoms with Crippen LogP contribution < -0.4 is 0 Å². The van der Waals surface area contributed by atoms with Gasteiger partial charge in [-0.2, -0.15) is 60.8 Å². The molecule has 0 heterocycles. The standard InChI is InChI=1S/Al.Co.3HI/h;;3*1H/q+3;;;;/p-3. The van der Waals surface area contributed by atoms with Gasteiger partial charge in [-0.25, -0.2) is 0 Å². The minimum absolute atomic E-state index is 0. The van der Waals surface area contributed by atoms with Crippen LogP contribution in [0.4, 0.5) is 0 Å². The van der Waals surface area contributed by atoms with Gasteiger partial charge in [-0.05, 0) is 0 Å². The van der Waals surface area contributed by atoms with Crippen LogP contribution in [0.3, 0.4) is 0 Å². The Kier molecular flexibility index (Phi) is 16.0. The number of hydrogen-bond donors (Lipinski definition) is 0.